The Labute approximate surface area is 215 Å². The molecule has 172 valence electrons. The molecule has 5 nitrogen and oxygen atoms in total. The number of unbranched alkanes of at least 4 members (excludes halogenated alkanes) is 10. The third-order valence-corrected chi connectivity index (χ3v) is 6.35. The van der Waals surface area contributed by atoms with E-state index in [0.29, 0.717) is 18.6 Å². The number of para-hydroxylation sites is 1. The summed E-state index contributed by atoms with van der Waals surface area (Å²) >= 11 is 0. The second-order valence-electron chi connectivity index (χ2n) is 8.07. The molecule has 2 aromatic carbocycles. The van der Waals surface area contributed by atoms with Gasteiger partial charge in [0.25, 0.3) is 10.1 Å². The Balaban J connectivity index is 0.00000512. The molecule has 0 aliphatic heterocycles. The van der Waals surface area contributed by atoms with Crippen molar-refractivity contribution in [2.45, 2.75) is 88.9 Å². The molecular formula is C25H35NaO5S. The number of hydrogen-bond donors (Lipinski definition) is 1. The summed E-state index contributed by atoms with van der Waals surface area (Å²) in [5.41, 5.74) is 0.138. The van der Waals surface area contributed by atoms with E-state index in [1.165, 1.54) is 57.1 Å². The molecule has 0 aliphatic rings. The minimum atomic E-state index is -4.52. The summed E-state index contributed by atoms with van der Waals surface area (Å²) < 4.78 is 39.0. The Bertz CT molecular complexity index is 885. The first-order chi connectivity index (χ1) is 14.9. The van der Waals surface area contributed by atoms with E-state index in [9.17, 15) is 18.1 Å². The second kappa shape index (κ2) is 15.7. The van der Waals surface area contributed by atoms with E-state index in [4.69, 9.17) is 4.74 Å². The Kier molecular flexibility index (Phi) is 14.2. The Hall–Kier alpha value is -1.05. The molecule has 2 aromatic rings. The van der Waals surface area contributed by atoms with Crippen molar-refractivity contribution in [3.8, 4) is 17.2 Å². The number of ether oxygens (including phenoxy) is 1. The predicted octanol–water partition coefficient (Wildman–Crippen LogP) is 3.66. The van der Waals surface area contributed by atoms with Crippen LogP contribution in [0.25, 0.3) is 0 Å². The molecule has 0 unspecified atom stereocenters. The molecule has 32 heavy (non-hydrogen) atoms. The Morgan fingerprint density at radius 2 is 1.34 bits per heavy atom. The largest absolute Gasteiger partial charge is 1.00 e. The van der Waals surface area contributed by atoms with E-state index < -0.39 is 15.9 Å². The van der Waals surface area contributed by atoms with Crippen molar-refractivity contribution in [2.24, 2.45) is 0 Å². The minimum Gasteiger partial charge on any atom is -0.872 e. The molecule has 0 aromatic heterocycles. The minimum absolute atomic E-state index is 0. The van der Waals surface area contributed by atoms with Crippen LogP contribution in [0, 0.1) is 0 Å². The van der Waals surface area contributed by atoms with E-state index >= 15 is 0 Å². The Morgan fingerprint density at radius 3 is 1.88 bits per heavy atom. The first kappa shape index (κ1) is 29.0. The van der Waals surface area contributed by atoms with Gasteiger partial charge in [-0.15, -0.1) is 5.75 Å². The molecule has 0 radical (unpaired) electrons. The average molecular weight is 471 g/mol. The summed E-state index contributed by atoms with van der Waals surface area (Å²) in [5.74, 6) is 0.168. The second-order valence-corrected chi connectivity index (χ2v) is 9.46. The molecule has 0 spiro atoms. The van der Waals surface area contributed by atoms with Crippen molar-refractivity contribution in [1.82, 2.24) is 0 Å². The standard InChI is InChI=1S/C25H36O5S.Na/c1-2-3-4-5-6-7-8-9-10-11-15-18-23-24(26)19-22(20-25(23)31(27,28)29)30-21-16-13-12-14-17-21;/h12-14,16-17,19-20,26H,2-11,15,18H2,1H3,(H,27,28,29);/q;+1/p-1. The topological polar surface area (TPSA) is 86.7 Å². The summed E-state index contributed by atoms with van der Waals surface area (Å²) in [6, 6.07) is 11.3. The molecule has 0 fully saturated rings. The molecule has 7 heteroatoms. The third-order valence-electron chi connectivity index (χ3n) is 5.43. The van der Waals surface area contributed by atoms with Gasteiger partial charge in [0, 0.05) is 6.07 Å². The van der Waals surface area contributed by atoms with Crippen molar-refractivity contribution in [3.63, 3.8) is 0 Å². The average Bonchev–Trinajstić information content (AvgIpc) is 2.73. The maximum atomic E-state index is 12.6. The van der Waals surface area contributed by atoms with Crippen molar-refractivity contribution in [3.05, 3.63) is 48.0 Å². The molecule has 0 saturated carbocycles. The number of hydrogen-bond acceptors (Lipinski definition) is 4. The van der Waals surface area contributed by atoms with Gasteiger partial charge >= 0.3 is 29.6 Å². The molecular weight excluding hydrogens is 435 g/mol. The first-order valence-electron chi connectivity index (χ1n) is 11.5. The van der Waals surface area contributed by atoms with E-state index in [2.05, 4.69) is 6.92 Å². The molecule has 0 saturated heterocycles. The van der Waals surface area contributed by atoms with Crippen LogP contribution in [0.4, 0.5) is 0 Å². The van der Waals surface area contributed by atoms with Gasteiger partial charge < -0.3 is 9.84 Å². The van der Waals surface area contributed by atoms with Crippen molar-refractivity contribution in [1.29, 1.82) is 0 Å². The molecule has 1 N–H and O–H groups in total. The van der Waals surface area contributed by atoms with E-state index in [1.807, 2.05) is 6.07 Å². The summed E-state index contributed by atoms with van der Waals surface area (Å²) in [4.78, 5) is -0.349. The zero-order valence-corrected chi connectivity index (χ0v) is 22.3. The normalized spacial score (nSPS) is 11.2. The van der Waals surface area contributed by atoms with Gasteiger partial charge in [-0.25, -0.2) is 0 Å². The van der Waals surface area contributed by atoms with Gasteiger partial charge in [0.05, 0.1) is 0 Å². The van der Waals surface area contributed by atoms with Crippen LogP contribution < -0.4 is 39.4 Å². The van der Waals surface area contributed by atoms with Gasteiger partial charge in [-0.2, -0.15) is 8.42 Å². The summed E-state index contributed by atoms with van der Waals surface area (Å²) in [6.07, 6.45) is 13.2. The summed E-state index contributed by atoms with van der Waals surface area (Å²) in [6.45, 7) is 2.22. The van der Waals surface area contributed by atoms with Gasteiger partial charge in [-0.1, -0.05) is 89.3 Å². The third kappa shape index (κ3) is 10.7. The monoisotopic (exact) mass is 470 g/mol. The molecule has 0 amide bonds. The fraction of sp³-hybridized carbons (Fsp3) is 0.520. The van der Waals surface area contributed by atoms with Gasteiger partial charge in [0.2, 0.25) is 0 Å². The fourth-order valence-electron chi connectivity index (χ4n) is 3.72. The SMILES string of the molecule is CCCCCCCCCCCCCc1c([O-])cc(Oc2ccccc2)cc1S(=O)(=O)O.[Na+]. The van der Waals surface area contributed by atoms with Crippen molar-refractivity contribution in [2.75, 3.05) is 0 Å². The van der Waals surface area contributed by atoms with Crippen molar-refractivity contribution >= 4 is 10.1 Å². The van der Waals surface area contributed by atoms with Gasteiger partial charge in [-0.05, 0) is 36.6 Å². The van der Waals surface area contributed by atoms with E-state index in [0.717, 1.165) is 19.3 Å². The van der Waals surface area contributed by atoms with Crippen molar-refractivity contribution < 1.29 is 52.4 Å². The predicted molar refractivity (Wildman–Crippen MR) is 122 cm³/mol. The number of rotatable bonds is 15. The fourth-order valence-corrected chi connectivity index (χ4v) is 4.50. The molecule has 0 aliphatic carbocycles. The van der Waals surface area contributed by atoms with Crippen LogP contribution in [0.2, 0.25) is 0 Å². The van der Waals surface area contributed by atoms with Crippen LogP contribution in [0.1, 0.15) is 83.1 Å². The van der Waals surface area contributed by atoms with Crippen LogP contribution in [-0.4, -0.2) is 13.0 Å². The summed E-state index contributed by atoms with van der Waals surface area (Å²) in [7, 11) is -4.52. The van der Waals surface area contributed by atoms with Crippen LogP contribution in [0.15, 0.2) is 47.4 Å². The smallest absolute Gasteiger partial charge is 0.872 e. The molecule has 2 rings (SSSR count). The molecule has 0 heterocycles. The first-order valence-corrected chi connectivity index (χ1v) is 12.9. The van der Waals surface area contributed by atoms with Crippen LogP contribution in [0.5, 0.6) is 17.2 Å². The quantitative estimate of drug-likeness (QED) is 0.244. The zero-order chi connectivity index (χ0) is 22.5. The zero-order valence-electron chi connectivity index (χ0n) is 19.5. The van der Waals surface area contributed by atoms with Gasteiger partial charge in [-0.3, -0.25) is 4.55 Å². The molecule has 0 bridgehead atoms. The maximum Gasteiger partial charge on any atom is 1.00 e. The van der Waals surface area contributed by atoms with E-state index in [1.54, 1.807) is 24.3 Å². The van der Waals surface area contributed by atoms with Gasteiger partial charge in [0.15, 0.2) is 0 Å². The van der Waals surface area contributed by atoms with Crippen LogP contribution in [0.3, 0.4) is 0 Å². The van der Waals surface area contributed by atoms with E-state index in [-0.39, 0.29) is 45.8 Å². The van der Waals surface area contributed by atoms with Gasteiger partial charge in [0.1, 0.15) is 16.4 Å². The molecule has 0 atom stereocenters. The maximum absolute atomic E-state index is 12.6. The van der Waals surface area contributed by atoms with Crippen LogP contribution >= 0.6 is 0 Å². The Morgan fingerprint density at radius 1 is 0.812 bits per heavy atom. The summed E-state index contributed by atoms with van der Waals surface area (Å²) in [5, 5.41) is 12.6. The van der Waals surface area contributed by atoms with Crippen LogP contribution in [-0.2, 0) is 16.5 Å². The number of benzene rings is 2.